The number of benzene rings is 2. The van der Waals surface area contributed by atoms with E-state index in [2.05, 4.69) is 0 Å². The lowest BCUT2D eigenvalue weighted by Gasteiger charge is -2.31. The zero-order chi connectivity index (χ0) is 26.8. The van der Waals surface area contributed by atoms with E-state index in [4.69, 9.17) is 50.0 Å². The molecule has 0 aliphatic heterocycles. The van der Waals surface area contributed by atoms with Gasteiger partial charge < -0.3 is 20.3 Å². The highest BCUT2D eigenvalue weighted by Crippen LogP contribution is 2.43. The Bertz CT molecular complexity index is 1330. The summed E-state index contributed by atoms with van der Waals surface area (Å²) in [6.45, 7) is 1.08. The molecule has 2 aromatic rings. The van der Waals surface area contributed by atoms with Gasteiger partial charge in [0.05, 0.1) is 30.2 Å². The fourth-order valence-electron chi connectivity index (χ4n) is 3.89. The minimum Gasteiger partial charge on any atom is -0.493 e. The van der Waals surface area contributed by atoms with Crippen LogP contribution in [0.1, 0.15) is 18.6 Å². The number of primary amides is 1. The highest BCUT2D eigenvalue weighted by atomic mass is 35.5. The minimum absolute atomic E-state index is 0.00896. The second-order valence-corrected chi connectivity index (χ2v) is 11.2. The number of rotatable bonds is 9. The number of anilines is 1. The van der Waals surface area contributed by atoms with Gasteiger partial charge >= 0.3 is 0 Å². The molecule has 1 aliphatic rings. The molecule has 0 saturated carbocycles. The summed E-state index contributed by atoms with van der Waals surface area (Å²) >= 11 is 19.0. The number of amides is 1. The molecule has 36 heavy (non-hydrogen) atoms. The van der Waals surface area contributed by atoms with Gasteiger partial charge in [0, 0.05) is 27.6 Å². The Hall–Kier alpha value is -2.43. The van der Waals surface area contributed by atoms with Crippen molar-refractivity contribution in [1.29, 1.82) is 0 Å². The van der Waals surface area contributed by atoms with Crippen LogP contribution in [0.4, 0.5) is 5.69 Å². The smallest absolute Gasteiger partial charge is 0.264 e. The molecule has 0 spiro atoms. The van der Waals surface area contributed by atoms with Crippen molar-refractivity contribution in [3.63, 3.8) is 0 Å². The van der Waals surface area contributed by atoms with E-state index >= 15 is 0 Å². The Labute approximate surface area is 224 Å². The van der Waals surface area contributed by atoms with Crippen LogP contribution >= 0.6 is 34.8 Å². The monoisotopic (exact) mass is 574 g/mol. The lowest BCUT2D eigenvalue weighted by Crippen LogP contribution is -2.39. The summed E-state index contributed by atoms with van der Waals surface area (Å²) in [6, 6.07) is 8.23. The lowest BCUT2D eigenvalue weighted by molar-refractivity contribution is -0.116. The molecule has 2 aromatic carbocycles. The predicted molar refractivity (Wildman–Crippen MR) is 141 cm³/mol. The van der Waals surface area contributed by atoms with Gasteiger partial charge in [0.2, 0.25) is 5.91 Å². The van der Waals surface area contributed by atoms with Gasteiger partial charge in [-0.3, -0.25) is 9.10 Å². The van der Waals surface area contributed by atoms with E-state index in [1.807, 2.05) is 0 Å². The SMILES string of the molecule is COc1ccc(S(=O)(=O)N(CC(N)=O)c2ccc(Cl)cc2C(O)C2=C(Cl)C=CC(Cl)C2C)cc1OC. The Balaban J connectivity index is 2.22. The molecule has 0 fully saturated rings. The number of carbonyl (C=O) groups is 1. The Morgan fingerprint density at radius 3 is 2.42 bits per heavy atom. The van der Waals surface area contributed by atoms with Gasteiger partial charge in [-0.15, -0.1) is 11.6 Å². The summed E-state index contributed by atoms with van der Waals surface area (Å²) in [5.41, 5.74) is 5.91. The average molecular weight is 576 g/mol. The molecule has 0 saturated heterocycles. The van der Waals surface area contributed by atoms with Gasteiger partial charge in [-0.1, -0.05) is 36.2 Å². The predicted octanol–water partition coefficient (Wildman–Crippen LogP) is 4.38. The first-order valence-electron chi connectivity index (χ1n) is 10.6. The van der Waals surface area contributed by atoms with Gasteiger partial charge in [-0.05, 0) is 42.0 Å². The summed E-state index contributed by atoms with van der Waals surface area (Å²) in [4.78, 5) is 11.8. The molecule has 1 amide bonds. The third kappa shape index (κ3) is 5.60. The van der Waals surface area contributed by atoms with Crippen LogP contribution in [-0.2, 0) is 14.8 Å². The van der Waals surface area contributed by atoms with E-state index in [-0.39, 0.29) is 37.9 Å². The molecule has 194 valence electrons. The van der Waals surface area contributed by atoms with Crippen LogP contribution < -0.4 is 19.5 Å². The van der Waals surface area contributed by atoms with Crippen LogP contribution in [0.2, 0.25) is 5.02 Å². The molecule has 1 aliphatic carbocycles. The number of hydrogen-bond donors (Lipinski definition) is 2. The molecule has 0 heterocycles. The number of nitrogens with two attached hydrogens (primary N) is 1. The number of methoxy groups -OCH3 is 2. The normalized spacial score (nSPS) is 18.6. The molecule has 0 bridgehead atoms. The van der Waals surface area contributed by atoms with Gasteiger partial charge in [0.25, 0.3) is 10.0 Å². The first kappa shape index (κ1) is 28.1. The zero-order valence-corrected chi connectivity index (χ0v) is 22.7. The van der Waals surface area contributed by atoms with Crippen LogP contribution in [0.15, 0.2) is 64.1 Å². The van der Waals surface area contributed by atoms with E-state index in [0.29, 0.717) is 11.3 Å². The Morgan fingerprint density at radius 1 is 1.14 bits per heavy atom. The maximum Gasteiger partial charge on any atom is 0.264 e. The number of ether oxygens (including phenoxy) is 2. The van der Waals surface area contributed by atoms with Crippen LogP contribution in [0.3, 0.4) is 0 Å². The van der Waals surface area contributed by atoms with Crippen molar-refractivity contribution < 1.29 is 27.8 Å². The summed E-state index contributed by atoms with van der Waals surface area (Å²) in [6.07, 6.45) is 1.89. The number of allylic oxidation sites excluding steroid dienone is 3. The molecular weight excluding hydrogens is 551 g/mol. The molecule has 0 aromatic heterocycles. The second kappa shape index (κ2) is 11.3. The minimum atomic E-state index is -4.39. The van der Waals surface area contributed by atoms with Crippen molar-refractivity contribution in [1.82, 2.24) is 0 Å². The van der Waals surface area contributed by atoms with Crippen LogP contribution in [0, 0.1) is 5.92 Å². The van der Waals surface area contributed by atoms with Gasteiger partial charge in [0.1, 0.15) is 12.6 Å². The molecule has 0 radical (unpaired) electrons. The highest BCUT2D eigenvalue weighted by molar-refractivity contribution is 7.92. The molecular formula is C24H25Cl3N2O6S. The largest absolute Gasteiger partial charge is 0.493 e. The lowest BCUT2D eigenvalue weighted by atomic mass is 9.85. The van der Waals surface area contributed by atoms with Crippen molar-refractivity contribution in [3.8, 4) is 11.5 Å². The van der Waals surface area contributed by atoms with Gasteiger partial charge in [0.15, 0.2) is 11.5 Å². The van der Waals surface area contributed by atoms with Crippen molar-refractivity contribution in [2.45, 2.75) is 23.3 Å². The van der Waals surface area contributed by atoms with E-state index in [9.17, 15) is 18.3 Å². The number of alkyl halides is 1. The fraction of sp³-hybridized carbons (Fsp3) is 0.292. The molecule has 12 heteroatoms. The van der Waals surface area contributed by atoms with Crippen LogP contribution in [0.25, 0.3) is 0 Å². The molecule has 3 atom stereocenters. The van der Waals surface area contributed by atoms with Crippen LogP contribution in [0.5, 0.6) is 11.5 Å². The summed E-state index contributed by atoms with van der Waals surface area (Å²) in [7, 11) is -1.61. The summed E-state index contributed by atoms with van der Waals surface area (Å²) in [5, 5.41) is 11.5. The second-order valence-electron chi connectivity index (χ2n) is 8.00. The van der Waals surface area contributed by atoms with Crippen molar-refractivity contribution in [2.24, 2.45) is 11.7 Å². The topological polar surface area (TPSA) is 119 Å². The number of carbonyl (C=O) groups excluding carboxylic acids is 1. The van der Waals surface area contributed by atoms with Crippen molar-refractivity contribution in [3.05, 3.63) is 69.7 Å². The van der Waals surface area contributed by atoms with E-state index in [1.165, 1.54) is 50.6 Å². The number of sulfonamides is 1. The molecule has 3 N–H and O–H groups in total. The molecule has 8 nitrogen and oxygen atoms in total. The van der Waals surface area contributed by atoms with Crippen molar-refractivity contribution in [2.75, 3.05) is 25.1 Å². The van der Waals surface area contributed by atoms with Gasteiger partial charge in [-0.2, -0.15) is 0 Å². The van der Waals surface area contributed by atoms with E-state index in [0.717, 1.165) is 4.31 Å². The standard InChI is InChI=1S/C24H25Cl3N2O6S/c1-13-17(26)6-7-18(27)23(13)24(31)16-10-14(25)4-8-19(16)29(12-22(28)30)36(32,33)15-5-9-20(34-2)21(11-15)35-3/h4-11,13,17,24,31H,12H2,1-3H3,(H2,28,30). The van der Waals surface area contributed by atoms with E-state index in [1.54, 1.807) is 19.1 Å². The van der Waals surface area contributed by atoms with Gasteiger partial charge in [-0.25, -0.2) is 8.42 Å². The Morgan fingerprint density at radius 2 is 1.81 bits per heavy atom. The van der Waals surface area contributed by atoms with Crippen molar-refractivity contribution >= 4 is 56.4 Å². The summed E-state index contributed by atoms with van der Waals surface area (Å²) in [5.74, 6) is -0.807. The third-order valence-corrected chi connectivity index (χ3v) is 8.62. The number of aliphatic hydroxyl groups excluding tert-OH is 1. The first-order valence-corrected chi connectivity index (χ1v) is 13.3. The fourth-order valence-corrected chi connectivity index (χ4v) is 6.10. The first-order chi connectivity index (χ1) is 16.9. The quantitative estimate of drug-likeness (QED) is 0.429. The average Bonchev–Trinajstić information content (AvgIpc) is 2.84. The summed E-state index contributed by atoms with van der Waals surface area (Å²) < 4.78 is 38.8. The highest BCUT2D eigenvalue weighted by Gasteiger charge is 2.34. The number of nitrogens with zero attached hydrogens (tertiary/aromatic N) is 1. The van der Waals surface area contributed by atoms with E-state index < -0.39 is 34.0 Å². The number of halogens is 3. The molecule has 3 unspecified atom stereocenters. The zero-order valence-electron chi connectivity index (χ0n) is 19.6. The Kier molecular flexibility index (Phi) is 8.84. The molecule has 3 rings (SSSR count). The maximum absolute atomic E-state index is 13.8. The van der Waals surface area contributed by atoms with Crippen LogP contribution in [-0.4, -0.2) is 45.6 Å². The number of aliphatic hydroxyl groups is 1. The maximum atomic E-state index is 13.8. The number of hydrogen-bond acceptors (Lipinski definition) is 6. The third-order valence-electron chi connectivity index (χ3n) is 5.76.